The van der Waals surface area contributed by atoms with E-state index in [1.54, 1.807) is 0 Å². The van der Waals surface area contributed by atoms with E-state index in [-0.39, 0.29) is 11.5 Å². The maximum absolute atomic E-state index is 5.93. The van der Waals surface area contributed by atoms with Crippen molar-refractivity contribution in [2.24, 2.45) is 16.6 Å². The lowest BCUT2D eigenvalue weighted by Gasteiger charge is -2.44. The number of aromatic nitrogens is 2. The molecule has 2 atom stereocenters. The molecule has 3 heterocycles. The number of allylic oxidation sites excluding steroid dienone is 4. The molecule has 1 fully saturated rings. The number of hydrogen-bond acceptors (Lipinski definition) is 5. The Morgan fingerprint density at radius 3 is 2.59 bits per heavy atom. The third kappa shape index (κ3) is 8.54. The zero-order valence-electron chi connectivity index (χ0n) is 27.5. The van der Waals surface area contributed by atoms with Crippen molar-refractivity contribution < 1.29 is 0 Å². The van der Waals surface area contributed by atoms with Crippen LogP contribution in [0.15, 0.2) is 82.4 Å². The van der Waals surface area contributed by atoms with Crippen molar-refractivity contribution in [3.8, 4) is 0 Å². The molecule has 1 aromatic heterocycles. The lowest BCUT2D eigenvalue weighted by molar-refractivity contribution is 0.190. The summed E-state index contributed by atoms with van der Waals surface area (Å²) in [5.74, 6) is 2.59. The molecule has 44 heavy (non-hydrogen) atoms. The second kappa shape index (κ2) is 16.3. The number of thioether (sulfide) groups is 1. The maximum atomic E-state index is 5.93. The molecule has 0 bridgehead atoms. The van der Waals surface area contributed by atoms with Crippen LogP contribution in [0, 0.1) is 12.8 Å². The van der Waals surface area contributed by atoms with Crippen LogP contribution in [0.5, 0.6) is 0 Å². The highest BCUT2D eigenvalue weighted by Gasteiger charge is 2.36. The molecule has 2 N–H and O–H groups in total. The minimum Gasteiger partial charge on any atom is -0.371 e. The molecule has 1 saturated heterocycles. The van der Waals surface area contributed by atoms with Crippen molar-refractivity contribution in [3.63, 3.8) is 0 Å². The van der Waals surface area contributed by atoms with Gasteiger partial charge in [0.2, 0.25) is 0 Å². The SMILES string of the molecule is C=C(C1=CC=C(C)CS1)N1CCC(CCN=CCC(CC(C)CCN)n2c(C)nc(=C)/c2=C\C=C/C)(c2ccccc2)CC1. The molecule has 2 unspecified atom stereocenters. The van der Waals surface area contributed by atoms with Crippen LogP contribution in [-0.2, 0) is 5.41 Å². The van der Waals surface area contributed by atoms with Crippen molar-refractivity contribution in [1.29, 1.82) is 0 Å². The molecule has 2 aromatic rings. The van der Waals surface area contributed by atoms with Gasteiger partial charge in [0.05, 0.1) is 10.7 Å². The van der Waals surface area contributed by atoms with Gasteiger partial charge in [0.25, 0.3) is 0 Å². The van der Waals surface area contributed by atoms with Gasteiger partial charge in [-0.15, -0.1) is 11.8 Å². The van der Waals surface area contributed by atoms with E-state index in [2.05, 4.69) is 104 Å². The topological polar surface area (TPSA) is 59.4 Å². The van der Waals surface area contributed by atoms with E-state index < -0.39 is 0 Å². The predicted octanol–water partition coefficient (Wildman–Crippen LogP) is 6.85. The number of piperidine rings is 1. The Bertz CT molecular complexity index is 1470. The van der Waals surface area contributed by atoms with Gasteiger partial charge in [-0.05, 0) is 83.1 Å². The second-order valence-corrected chi connectivity index (χ2v) is 13.6. The molecule has 1 aromatic carbocycles. The van der Waals surface area contributed by atoms with E-state index in [4.69, 9.17) is 15.7 Å². The molecule has 236 valence electrons. The minimum atomic E-state index is 0.132. The van der Waals surface area contributed by atoms with Gasteiger partial charge in [-0.3, -0.25) is 4.99 Å². The summed E-state index contributed by atoms with van der Waals surface area (Å²) in [5.41, 5.74) is 10.1. The highest BCUT2D eigenvalue weighted by Crippen LogP contribution is 2.41. The van der Waals surface area contributed by atoms with Gasteiger partial charge in [0.1, 0.15) is 5.82 Å². The van der Waals surface area contributed by atoms with Crippen molar-refractivity contribution >= 4 is 30.6 Å². The fourth-order valence-electron chi connectivity index (χ4n) is 6.71. The normalized spacial score (nSPS) is 18.9. The standard InChI is InChI=1S/C38H53N5S/c1-7-8-14-36-31(4)41-33(6)43(36)35(27-29(2)17-22-39)18-23-40-24-19-38(34-12-10-9-11-13-34)20-25-42(26-21-38)32(5)37-16-15-30(3)28-44-37/h7-16,23,29,35H,4-5,17-22,24-28,39H2,1-3,6H3/b8-7-,36-14+,40-23?. The molecule has 0 radical (unpaired) electrons. The van der Waals surface area contributed by atoms with Crippen LogP contribution in [-0.4, -0.2) is 52.6 Å². The first-order valence-corrected chi connectivity index (χ1v) is 17.3. The molecule has 0 amide bonds. The van der Waals surface area contributed by atoms with Gasteiger partial charge >= 0.3 is 0 Å². The lowest BCUT2D eigenvalue weighted by Crippen LogP contribution is -2.42. The van der Waals surface area contributed by atoms with Crippen LogP contribution >= 0.6 is 11.8 Å². The second-order valence-electron chi connectivity index (χ2n) is 12.6. The molecule has 2 aliphatic rings. The van der Waals surface area contributed by atoms with Crippen LogP contribution < -0.4 is 16.4 Å². The molecular formula is C38H53N5S. The number of benzene rings is 1. The maximum Gasteiger partial charge on any atom is 0.106 e. The number of aryl methyl sites for hydroxylation is 1. The fraction of sp³-hybridized carbons (Fsp3) is 0.474. The van der Waals surface area contributed by atoms with Crippen LogP contribution in [0.1, 0.15) is 76.7 Å². The average molecular weight is 612 g/mol. The summed E-state index contributed by atoms with van der Waals surface area (Å²) in [6.45, 7) is 20.9. The van der Waals surface area contributed by atoms with Crippen LogP contribution in [0.4, 0.5) is 0 Å². The quantitative estimate of drug-likeness (QED) is 0.238. The van der Waals surface area contributed by atoms with E-state index >= 15 is 0 Å². The van der Waals surface area contributed by atoms with Crippen molar-refractivity contribution in [2.45, 2.75) is 77.7 Å². The highest BCUT2D eigenvalue weighted by atomic mass is 32.2. The Hall–Kier alpha value is -3.09. The first-order valence-electron chi connectivity index (χ1n) is 16.3. The van der Waals surface area contributed by atoms with E-state index in [0.717, 1.165) is 80.4 Å². The van der Waals surface area contributed by atoms with Gasteiger partial charge in [-0.1, -0.05) is 74.2 Å². The summed E-state index contributed by atoms with van der Waals surface area (Å²) in [6, 6.07) is 11.4. The van der Waals surface area contributed by atoms with Crippen LogP contribution in [0.25, 0.3) is 12.7 Å². The third-order valence-corrected chi connectivity index (χ3v) is 10.6. The molecule has 0 spiro atoms. The molecule has 0 aliphatic carbocycles. The molecule has 0 saturated carbocycles. The Morgan fingerprint density at radius 2 is 1.93 bits per heavy atom. The third-order valence-electron chi connectivity index (χ3n) is 9.32. The number of likely N-dealkylation sites (tertiary alicyclic amines) is 1. The average Bonchev–Trinajstić information content (AvgIpc) is 3.32. The van der Waals surface area contributed by atoms with E-state index in [9.17, 15) is 0 Å². The summed E-state index contributed by atoms with van der Waals surface area (Å²) >= 11 is 1.91. The smallest absolute Gasteiger partial charge is 0.106 e. The minimum absolute atomic E-state index is 0.132. The van der Waals surface area contributed by atoms with Crippen LogP contribution in [0.3, 0.4) is 0 Å². The van der Waals surface area contributed by atoms with Gasteiger partial charge in [-0.25, -0.2) is 4.98 Å². The Morgan fingerprint density at radius 1 is 1.18 bits per heavy atom. The van der Waals surface area contributed by atoms with Gasteiger partial charge < -0.3 is 15.2 Å². The first kappa shape index (κ1) is 33.8. The van der Waals surface area contributed by atoms with Crippen molar-refractivity contribution in [3.05, 3.63) is 99.5 Å². The zero-order chi connectivity index (χ0) is 31.5. The number of rotatable bonds is 14. The summed E-state index contributed by atoms with van der Waals surface area (Å²) in [4.78, 5) is 13.6. The number of nitrogens with zero attached hydrogens (tertiary/aromatic N) is 4. The predicted molar refractivity (Wildman–Crippen MR) is 192 cm³/mol. The number of hydrogen-bond donors (Lipinski definition) is 1. The molecule has 5 nitrogen and oxygen atoms in total. The van der Waals surface area contributed by atoms with E-state index in [1.807, 2.05) is 24.8 Å². The Balaban J connectivity index is 1.47. The van der Waals surface area contributed by atoms with Crippen molar-refractivity contribution in [2.75, 3.05) is 31.9 Å². The number of aliphatic imine (C=N–C) groups is 1. The van der Waals surface area contributed by atoms with E-state index in [0.29, 0.717) is 12.5 Å². The lowest BCUT2D eigenvalue weighted by atomic mass is 9.70. The monoisotopic (exact) mass is 611 g/mol. The van der Waals surface area contributed by atoms with Crippen molar-refractivity contribution in [1.82, 2.24) is 14.5 Å². The Kier molecular flexibility index (Phi) is 12.5. The van der Waals surface area contributed by atoms with Gasteiger partial charge in [0, 0.05) is 60.1 Å². The zero-order valence-corrected chi connectivity index (χ0v) is 28.3. The fourth-order valence-corrected chi connectivity index (χ4v) is 7.64. The van der Waals surface area contributed by atoms with E-state index in [1.165, 1.54) is 21.7 Å². The van der Waals surface area contributed by atoms with Crippen LogP contribution in [0.2, 0.25) is 0 Å². The molecule has 6 heteroatoms. The van der Waals surface area contributed by atoms with Gasteiger partial charge in [0.15, 0.2) is 0 Å². The number of imidazole rings is 1. The summed E-state index contributed by atoms with van der Waals surface area (Å²) in [6.07, 6.45) is 19.1. The largest absolute Gasteiger partial charge is 0.371 e. The summed E-state index contributed by atoms with van der Waals surface area (Å²) < 4.78 is 2.37. The highest BCUT2D eigenvalue weighted by molar-refractivity contribution is 8.03. The first-order chi connectivity index (χ1) is 21.3. The summed E-state index contributed by atoms with van der Waals surface area (Å²) in [7, 11) is 0. The Labute approximate surface area is 270 Å². The number of nitrogens with two attached hydrogens (primary N) is 1. The summed E-state index contributed by atoms with van der Waals surface area (Å²) in [5, 5.41) is 1.92. The molecule has 2 aliphatic heterocycles. The van der Waals surface area contributed by atoms with Gasteiger partial charge in [-0.2, -0.15) is 0 Å². The molecule has 4 rings (SSSR count). The molecular weight excluding hydrogens is 559 g/mol.